The number of nitrogens with zero attached hydrogens (tertiary/aromatic N) is 4. The maximum Gasteiger partial charge on any atom is 0.263 e. The van der Waals surface area contributed by atoms with Crippen LogP contribution in [0.15, 0.2) is 46.3 Å². The number of amides is 1. The second kappa shape index (κ2) is 8.07. The van der Waals surface area contributed by atoms with Gasteiger partial charge in [-0.2, -0.15) is 4.98 Å². The molecule has 1 atom stereocenters. The second-order valence-electron chi connectivity index (χ2n) is 6.88. The van der Waals surface area contributed by atoms with Crippen molar-refractivity contribution in [2.24, 2.45) is 0 Å². The summed E-state index contributed by atoms with van der Waals surface area (Å²) >= 11 is 1.50. The highest BCUT2D eigenvalue weighted by atomic mass is 32.2. The molecule has 1 unspecified atom stereocenters. The molecule has 30 heavy (non-hydrogen) atoms. The molecule has 0 saturated heterocycles. The third kappa shape index (κ3) is 4.17. The molecule has 1 aromatic carbocycles. The molecule has 4 rings (SSSR count). The first kappa shape index (κ1) is 20.4. The first-order valence-electron chi connectivity index (χ1n) is 9.18. The lowest BCUT2D eigenvalue weighted by Crippen LogP contribution is -2.40. The van der Waals surface area contributed by atoms with Crippen LogP contribution >= 0.6 is 11.3 Å². The number of carbonyl (C=O) groups excluding carboxylic acids is 1. The maximum atomic E-state index is 13.0. The van der Waals surface area contributed by atoms with Crippen LogP contribution in [0, 0.1) is 0 Å². The third-order valence-corrected chi connectivity index (χ3v) is 6.68. The van der Waals surface area contributed by atoms with Gasteiger partial charge in [0.25, 0.3) is 5.91 Å². The molecule has 2 aromatic heterocycles. The molecule has 1 aliphatic heterocycles. The van der Waals surface area contributed by atoms with Gasteiger partial charge in [-0.3, -0.25) is 9.10 Å². The van der Waals surface area contributed by atoms with E-state index in [0.29, 0.717) is 23.2 Å². The summed E-state index contributed by atoms with van der Waals surface area (Å²) in [6.45, 7) is 0.262. The van der Waals surface area contributed by atoms with Crippen LogP contribution in [0.3, 0.4) is 0 Å². The molecule has 0 bridgehead atoms. The Labute approximate surface area is 177 Å². The number of hydrogen-bond acceptors (Lipinski definition) is 8. The topological polar surface area (TPSA) is 106 Å². The van der Waals surface area contributed by atoms with Gasteiger partial charge in [0.1, 0.15) is 5.75 Å². The average Bonchev–Trinajstić information content (AvgIpc) is 3.34. The molecule has 3 aromatic rings. The lowest BCUT2D eigenvalue weighted by Gasteiger charge is -2.22. The number of para-hydroxylation sites is 2. The molecule has 0 spiro atoms. The summed E-state index contributed by atoms with van der Waals surface area (Å²) < 4.78 is 36.8. The van der Waals surface area contributed by atoms with Gasteiger partial charge in [-0.05, 0) is 23.6 Å². The molecule has 158 valence electrons. The van der Waals surface area contributed by atoms with E-state index in [1.54, 1.807) is 31.3 Å². The molecular formula is C19H20N4O5S2. The van der Waals surface area contributed by atoms with Gasteiger partial charge in [-0.1, -0.05) is 23.4 Å². The number of benzene rings is 1. The van der Waals surface area contributed by atoms with Crippen molar-refractivity contribution >= 4 is 33.0 Å². The Hall–Kier alpha value is -2.92. The smallest absolute Gasteiger partial charge is 0.263 e. The SMILES string of the molecule is CN(Cc1nc(-c2cccs2)no1)C(=O)C1CCN(S(C)(=O)=O)c2ccccc2O1. The summed E-state index contributed by atoms with van der Waals surface area (Å²) in [4.78, 5) is 19.6. The van der Waals surface area contributed by atoms with E-state index in [2.05, 4.69) is 10.1 Å². The minimum atomic E-state index is -3.50. The van der Waals surface area contributed by atoms with Crippen LogP contribution < -0.4 is 9.04 Å². The van der Waals surface area contributed by atoms with E-state index in [9.17, 15) is 13.2 Å². The van der Waals surface area contributed by atoms with Crippen molar-refractivity contribution in [3.8, 4) is 16.5 Å². The Balaban J connectivity index is 1.49. The van der Waals surface area contributed by atoms with Crippen molar-refractivity contribution in [2.45, 2.75) is 19.1 Å². The fraction of sp³-hybridized carbons (Fsp3) is 0.316. The van der Waals surface area contributed by atoms with E-state index in [1.165, 1.54) is 20.5 Å². The molecule has 0 N–H and O–H groups in total. The van der Waals surface area contributed by atoms with E-state index in [1.807, 2.05) is 17.5 Å². The Bertz CT molecular complexity index is 1140. The second-order valence-corrected chi connectivity index (χ2v) is 9.74. The summed E-state index contributed by atoms with van der Waals surface area (Å²) in [6, 6.07) is 10.6. The van der Waals surface area contributed by atoms with Crippen molar-refractivity contribution in [1.29, 1.82) is 0 Å². The monoisotopic (exact) mass is 448 g/mol. The number of sulfonamides is 1. The summed E-state index contributed by atoms with van der Waals surface area (Å²) in [5, 5.41) is 5.87. The first-order chi connectivity index (χ1) is 14.3. The third-order valence-electron chi connectivity index (χ3n) is 4.63. The van der Waals surface area contributed by atoms with Crippen molar-refractivity contribution in [1.82, 2.24) is 15.0 Å². The fourth-order valence-corrected chi connectivity index (χ4v) is 4.79. The Morgan fingerprint density at radius 1 is 1.30 bits per heavy atom. The number of rotatable bonds is 5. The lowest BCUT2D eigenvalue weighted by atomic mass is 10.2. The molecule has 0 saturated carbocycles. The predicted molar refractivity (Wildman–Crippen MR) is 112 cm³/mol. The van der Waals surface area contributed by atoms with Gasteiger partial charge in [0.2, 0.25) is 21.7 Å². The van der Waals surface area contributed by atoms with E-state index >= 15 is 0 Å². The lowest BCUT2D eigenvalue weighted by molar-refractivity contribution is -0.138. The van der Waals surface area contributed by atoms with Gasteiger partial charge in [0.15, 0.2) is 6.10 Å². The molecule has 0 fully saturated rings. The number of fused-ring (bicyclic) bond motifs is 1. The standard InChI is InChI=1S/C19H20N4O5S2/c1-22(12-17-20-18(21-28-17)16-8-5-11-29-16)19(24)15-9-10-23(30(2,25)26)13-6-3-4-7-14(13)27-15/h3-8,11,15H,9-10,12H2,1-2H3. The van der Waals surface area contributed by atoms with E-state index in [-0.39, 0.29) is 25.4 Å². The average molecular weight is 449 g/mol. The zero-order valence-corrected chi connectivity index (χ0v) is 18.0. The van der Waals surface area contributed by atoms with Crippen LogP contribution in [0.1, 0.15) is 12.3 Å². The largest absolute Gasteiger partial charge is 0.478 e. The number of thiophene rings is 1. The maximum absolute atomic E-state index is 13.0. The summed E-state index contributed by atoms with van der Waals surface area (Å²) in [5.41, 5.74) is 0.426. The normalized spacial score (nSPS) is 16.5. The quantitative estimate of drug-likeness (QED) is 0.590. The highest BCUT2D eigenvalue weighted by Crippen LogP contribution is 2.34. The van der Waals surface area contributed by atoms with Gasteiger partial charge < -0.3 is 14.2 Å². The Kier molecular flexibility index (Phi) is 5.48. The molecule has 1 aliphatic rings. The molecule has 3 heterocycles. The molecule has 11 heteroatoms. The van der Waals surface area contributed by atoms with E-state index < -0.39 is 16.1 Å². The predicted octanol–water partition coefficient (Wildman–Crippen LogP) is 2.37. The summed E-state index contributed by atoms with van der Waals surface area (Å²) in [5.74, 6) is 0.839. The molecule has 0 radical (unpaired) electrons. The molecule has 1 amide bonds. The van der Waals surface area contributed by atoms with Gasteiger partial charge in [0, 0.05) is 20.0 Å². The van der Waals surface area contributed by atoms with Crippen molar-refractivity contribution in [3.63, 3.8) is 0 Å². The molecular weight excluding hydrogens is 428 g/mol. The zero-order valence-electron chi connectivity index (χ0n) is 16.4. The number of ether oxygens (including phenoxy) is 1. The number of anilines is 1. The van der Waals surface area contributed by atoms with Gasteiger partial charge in [-0.15, -0.1) is 11.3 Å². The fourth-order valence-electron chi connectivity index (χ4n) is 3.20. The van der Waals surface area contributed by atoms with Gasteiger partial charge in [-0.25, -0.2) is 8.42 Å². The Morgan fingerprint density at radius 3 is 2.83 bits per heavy atom. The number of likely N-dealkylation sites (N-methyl/N-ethyl adjacent to an activating group) is 1. The highest BCUT2D eigenvalue weighted by Gasteiger charge is 2.32. The van der Waals surface area contributed by atoms with Crippen LogP contribution in [0.2, 0.25) is 0 Å². The van der Waals surface area contributed by atoms with E-state index in [0.717, 1.165) is 11.1 Å². The van der Waals surface area contributed by atoms with E-state index in [4.69, 9.17) is 9.26 Å². The van der Waals surface area contributed by atoms with Gasteiger partial charge in [0.05, 0.1) is 23.4 Å². The minimum Gasteiger partial charge on any atom is -0.478 e. The van der Waals surface area contributed by atoms with Gasteiger partial charge >= 0.3 is 0 Å². The number of aromatic nitrogens is 2. The van der Waals surface area contributed by atoms with Crippen LogP contribution in [0.4, 0.5) is 5.69 Å². The Morgan fingerprint density at radius 2 is 2.10 bits per heavy atom. The zero-order chi connectivity index (χ0) is 21.3. The summed E-state index contributed by atoms with van der Waals surface area (Å²) in [6.07, 6.45) is 0.524. The van der Waals surface area contributed by atoms with Crippen LogP contribution in [0.5, 0.6) is 5.75 Å². The number of hydrogen-bond donors (Lipinski definition) is 0. The van der Waals surface area contributed by atoms with Crippen LogP contribution in [-0.4, -0.2) is 55.3 Å². The highest BCUT2D eigenvalue weighted by molar-refractivity contribution is 7.92. The van der Waals surface area contributed by atoms with Crippen molar-refractivity contribution < 1.29 is 22.5 Å². The minimum absolute atomic E-state index is 0.120. The molecule has 0 aliphatic carbocycles. The van der Waals surface area contributed by atoms with Crippen molar-refractivity contribution in [2.75, 3.05) is 24.2 Å². The summed E-state index contributed by atoms with van der Waals surface area (Å²) in [7, 11) is -1.89. The van der Waals surface area contributed by atoms with Crippen LogP contribution in [-0.2, 0) is 21.4 Å². The van der Waals surface area contributed by atoms with Crippen LogP contribution in [0.25, 0.3) is 10.7 Å². The molecule has 9 nitrogen and oxygen atoms in total. The first-order valence-corrected chi connectivity index (χ1v) is 11.9. The number of carbonyl (C=O) groups is 1. The van der Waals surface area contributed by atoms with Crippen molar-refractivity contribution in [3.05, 3.63) is 47.7 Å².